The fraction of sp³-hybridized carbons (Fsp3) is 0.368. The maximum atomic E-state index is 3.69. The molecule has 0 amide bonds. The minimum atomic E-state index is 0.297. The van der Waals surface area contributed by atoms with Crippen LogP contribution >= 0.6 is 15.9 Å². The zero-order valence-electron chi connectivity index (χ0n) is 12.5. The summed E-state index contributed by atoms with van der Waals surface area (Å²) in [6.45, 7) is 0. The van der Waals surface area contributed by atoms with E-state index in [9.17, 15) is 0 Å². The van der Waals surface area contributed by atoms with Crippen LogP contribution in [0.2, 0.25) is 0 Å². The van der Waals surface area contributed by atoms with Crippen molar-refractivity contribution in [1.29, 1.82) is 0 Å². The third-order valence-corrected chi connectivity index (χ3v) is 5.77. The lowest BCUT2D eigenvalue weighted by molar-refractivity contribution is 0.174. The Morgan fingerprint density at radius 3 is 2.29 bits per heavy atom. The lowest BCUT2D eigenvalue weighted by atomic mass is 9.59. The van der Waals surface area contributed by atoms with E-state index in [4.69, 9.17) is 0 Å². The Kier molecular flexibility index (Phi) is 4.46. The van der Waals surface area contributed by atoms with E-state index in [-0.39, 0.29) is 0 Å². The topological polar surface area (TPSA) is 12.0 Å². The first kappa shape index (κ1) is 14.8. The van der Waals surface area contributed by atoms with Gasteiger partial charge in [-0.05, 0) is 43.5 Å². The molecule has 0 heterocycles. The van der Waals surface area contributed by atoms with Gasteiger partial charge in [0, 0.05) is 15.9 Å². The van der Waals surface area contributed by atoms with Gasteiger partial charge in [0.2, 0.25) is 0 Å². The van der Waals surface area contributed by atoms with Gasteiger partial charge in [0.15, 0.2) is 0 Å². The first-order chi connectivity index (χ1) is 10.3. The molecule has 2 heteroatoms. The summed E-state index contributed by atoms with van der Waals surface area (Å²) in [6, 6.07) is 20.1. The van der Waals surface area contributed by atoms with Crippen molar-refractivity contribution in [2.45, 2.75) is 37.1 Å². The van der Waals surface area contributed by atoms with Crippen molar-refractivity contribution in [2.24, 2.45) is 0 Å². The molecule has 21 heavy (non-hydrogen) atoms. The summed E-state index contributed by atoms with van der Waals surface area (Å²) < 4.78 is 1.22. The molecular formula is C19H22BrN. The second kappa shape index (κ2) is 6.33. The maximum Gasteiger partial charge on any atom is 0.0207 e. The van der Waals surface area contributed by atoms with E-state index in [2.05, 4.69) is 82.9 Å². The van der Waals surface area contributed by atoms with Crippen molar-refractivity contribution < 1.29 is 0 Å². The molecule has 0 aliphatic heterocycles. The summed E-state index contributed by atoms with van der Waals surface area (Å²) >= 11 is 3.69. The maximum absolute atomic E-state index is 3.69. The Balaban J connectivity index is 1.90. The third-order valence-electron chi connectivity index (χ3n) is 4.99. The van der Waals surface area contributed by atoms with Crippen molar-refractivity contribution in [3.8, 4) is 0 Å². The molecule has 1 fully saturated rings. The Labute approximate surface area is 135 Å². The van der Waals surface area contributed by atoms with Gasteiger partial charge in [-0.15, -0.1) is 0 Å². The molecule has 1 N–H and O–H groups in total. The van der Waals surface area contributed by atoms with Crippen LogP contribution in [-0.2, 0) is 11.8 Å². The van der Waals surface area contributed by atoms with E-state index >= 15 is 0 Å². The molecule has 1 atom stereocenters. The second-order valence-corrected chi connectivity index (χ2v) is 6.87. The lowest BCUT2D eigenvalue weighted by Gasteiger charge is -2.48. The number of halogens is 1. The molecule has 3 rings (SSSR count). The first-order valence-corrected chi connectivity index (χ1v) is 8.52. The molecule has 2 aromatic carbocycles. The summed E-state index contributed by atoms with van der Waals surface area (Å²) in [7, 11) is 2.10. The molecule has 2 aromatic rings. The van der Waals surface area contributed by atoms with Gasteiger partial charge in [0.25, 0.3) is 0 Å². The zero-order chi connectivity index (χ0) is 14.7. The average Bonchev–Trinajstić information content (AvgIpc) is 2.48. The van der Waals surface area contributed by atoms with Crippen molar-refractivity contribution in [2.75, 3.05) is 7.05 Å². The molecule has 0 spiro atoms. The molecule has 1 aliphatic rings. The number of benzene rings is 2. The van der Waals surface area contributed by atoms with E-state index in [0.717, 1.165) is 6.42 Å². The van der Waals surface area contributed by atoms with E-state index in [1.807, 2.05) is 0 Å². The third kappa shape index (κ3) is 2.79. The quantitative estimate of drug-likeness (QED) is 0.829. The number of hydrogen-bond donors (Lipinski definition) is 1. The van der Waals surface area contributed by atoms with E-state index in [1.54, 1.807) is 0 Å². The van der Waals surface area contributed by atoms with E-state index in [1.165, 1.54) is 34.9 Å². The van der Waals surface area contributed by atoms with Gasteiger partial charge in [-0.25, -0.2) is 0 Å². The minimum Gasteiger partial charge on any atom is -0.316 e. The van der Waals surface area contributed by atoms with Gasteiger partial charge < -0.3 is 5.32 Å². The van der Waals surface area contributed by atoms with Crippen LogP contribution in [0.25, 0.3) is 0 Å². The fourth-order valence-corrected chi connectivity index (χ4v) is 4.07. The molecule has 1 nitrogen and oxygen atoms in total. The molecule has 1 saturated carbocycles. The number of rotatable bonds is 5. The molecule has 1 aliphatic carbocycles. The van der Waals surface area contributed by atoms with Crippen LogP contribution < -0.4 is 5.32 Å². The van der Waals surface area contributed by atoms with E-state index in [0.29, 0.717) is 11.5 Å². The van der Waals surface area contributed by atoms with Crippen LogP contribution in [0.5, 0.6) is 0 Å². The van der Waals surface area contributed by atoms with Crippen LogP contribution in [0.3, 0.4) is 0 Å². The Morgan fingerprint density at radius 2 is 1.71 bits per heavy atom. The highest BCUT2D eigenvalue weighted by Gasteiger charge is 2.44. The normalized spacial score (nSPS) is 18.0. The molecule has 110 valence electrons. The summed E-state index contributed by atoms with van der Waals surface area (Å²) in [5.74, 6) is 0. The average molecular weight is 344 g/mol. The summed E-state index contributed by atoms with van der Waals surface area (Å²) in [5, 5.41) is 3.60. The Bertz CT molecular complexity index is 590. The van der Waals surface area contributed by atoms with Crippen molar-refractivity contribution >= 4 is 15.9 Å². The molecule has 0 saturated heterocycles. The highest BCUT2D eigenvalue weighted by Crippen LogP contribution is 2.47. The van der Waals surface area contributed by atoms with Gasteiger partial charge >= 0.3 is 0 Å². The van der Waals surface area contributed by atoms with Crippen LogP contribution in [0, 0.1) is 0 Å². The highest BCUT2D eigenvalue weighted by molar-refractivity contribution is 9.10. The monoisotopic (exact) mass is 343 g/mol. The van der Waals surface area contributed by atoms with Crippen LogP contribution in [-0.4, -0.2) is 13.1 Å². The molecule has 0 bridgehead atoms. The molecule has 0 aromatic heterocycles. The largest absolute Gasteiger partial charge is 0.316 e. The second-order valence-electron chi connectivity index (χ2n) is 6.01. The molecular weight excluding hydrogens is 322 g/mol. The van der Waals surface area contributed by atoms with Gasteiger partial charge in [0.05, 0.1) is 0 Å². The van der Waals surface area contributed by atoms with Crippen LogP contribution in [0.4, 0.5) is 0 Å². The summed E-state index contributed by atoms with van der Waals surface area (Å²) in [6.07, 6.45) is 4.97. The fourth-order valence-electron chi connectivity index (χ4n) is 3.62. The Hall–Kier alpha value is -1.12. The number of nitrogens with one attached hydrogen (secondary N) is 1. The van der Waals surface area contributed by atoms with Gasteiger partial charge in [-0.1, -0.05) is 70.9 Å². The highest BCUT2D eigenvalue weighted by atomic mass is 79.9. The summed E-state index contributed by atoms with van der Waals surface area (Å²) in [5.41, 5.74) is 3.17. The molecule has 0 radical (unpaired) electrons. The zero-order valence-corrected chi connectivity index (χ0v) is 14.1. The van der Waals surface area contributed by atoms with E-state index < -0.39 is 0 Å². The minimum absolute atomic E-state index is 0.297. The predicted molar refractivity (Wildman–Crippen MR) is 92.7 cm³/mol. The Morgan fingerprint density at radius 1 is 1.05 bits per heavy atom. The number of likely N-dealkylation sites (N-methyl/N-ethyl adjacent to an activating group) is 1. The van der Waals surface area contributed by atoms with Gasteiger partial charge in [0.1, 0.15) is 0 Å². The standard InChI is InChI=1S/C19H22BrN/c1-21-18(14-15-8-5-6-11-17(15)20)19(12-7-13-19)16-9-3-2-4-10-16/h2-6,8-11,18,21H,7,12-14H2,1H3. The lowest BCUT2D eigenvalue weighted by Crippen LogP contribution is -2.52. The summed E-state index contributed by atoms with van der Waals surface area (Å²) in [4.78, 5) is 0. The van der Waals surface area contributed by atoms with Crippen LogP contribution in [0.15, 0.2) is 59.1 Å². The predicted octanol–water partition coefficient (Wildman–Crippen LogP) is 4.70. The SMILES string of the molecule is CNC(Cc1ccccc1Br)C1(c2ccccc2)CCC1. The van der Waals surface area contributed by atoms with Crippen molar-refractivity contribution in [3.63, 3.8) is 0 Å². The van der Waals surface area contributed by atoms with Crippen LogP contribution in [0.1, 0.15) is 30.4 Å². The molecule has 1 unspecified atom stereocenters. The van der Waals surface area contributed by atoms with Gasteiger partial charge in [-0.3, -0.25) is 0 Å². The number of hydrogen-bond acceptors (Lipinski definition) is 1. The smallest absolute Gasteiger partial charge is 0.0207 e. The van der Waals surface area contributed by atoms with Gasteiger partial charge in [-0.2, -0.15) is 0 Å². The van der Waals surface area contributed by atoms with Crippen molar-refractivity contribution in [3.05, 3.63) is 70.2 Å². The van der Waals surface area contributed by atoms with Crippen molar-refractivity contribution in [1.82, 2.24) is 5.32 Å². The first-order valence-electron chi connectivity index (χ1n) is 7.72.